The van der Waals surface area contributed by atoms with E-state index in [-0.39, 0.29) is 6.04 Å². The van der Waals surface area contributed by atoms with Crippen LogP contribution in [0.5, 0.6) is 23.0 Å². The van der Waals surface area contributed by atoms with E-state index in [4.69, 9.17) is 14.2 Å². The van der Waals surface area contributed by atoms with Gasteiger partial charge in [0.1, 0.15) is 23.0 Å². The molecule has 0 heterocycles. The molecule has 0 unspecified atom stereocenters. The molecule has 4 aromatic carbocycles. The minimum absolute atomic E-state index is 0.186. The Labute approximate surface area is 201 Å². The second-order valence-electron chi connectivity index (χ2n) is 7.94. The highest BCUT2D eigenvalue weighted by atomic mass is 16.5. The summed E-state index contributed by atoms with van der Waals surface area (Å²) in [6.45, 7) is 2.74. The number of para-hydroxylation sites is 1. The zero-order valence-electron chi connectivity index (χ0n) is 19.7. The lowest BCUT2D eigenvalue weighted by molar-refractivity contribution is 0.373. The lowest BCUT2D eigenvalue weighted by atomic mass is 10.1. The van der Waals surface area contributed by atoms with Crippen molar-refractivity contribution in [1.82, 2.24) is 5.32 Å². The monoisotopic (exact) mass is 454 g/mol. The Morgan fingerprint density at radius 3 is 1.94 bits per heavy atom. The fourth-order valence-electron chi connectivity index (χ4n) is 3.77. The van der Waals surface area contributed by atoms with Crippen LogP contribution in [0.3, 0.4) is 0 Å². The number of methoxy groups -OCH3 is 2. The average molecular weight is 455 g/mol. The molecule has 0 aromatic heterocycles. The van der Waals surface area contributed by atoms with E-state index in [0.717, 1.165) is 16.9 Å². The highest BCUT2D eigenvalue weighted by molar-refractivity contribution is 5.61. The van der Waals surface area contributed by atoms with Crippen LogP contribution >= 0.6 is 0 Å². The number of nitrogens with one attached hydrogen (secondary N) is 2. The Balaban J connectivity index is 1.50. The van der Waals surface area contributed by atoms with Gasteiger partial charge in [-0.25, -0.2) is 0 Å². The third-order valence-corrected chi connectivity index (χ3v) is 5.60. The lowest BCUT2D eigenvalue weighted by Gasteiger charge is -2.19. The largest absolute Gasteiger partial charge is 0.496 e. The van der Waals surface area contributed by atoms with Crippen LogP contribution in [0.2, 0.25) is 0 Å². The molecule has 4 aromatic rings. The van der Waals surface area contributed by atoms with Crippen molar-refractivity contribution < 1.29 is 14.2 Å². The number of hydrogen-bond donors (Lipinski definition) is 2. The summed E-state index contributed by atoms with van der Waals surface area (Å²) in [5, 5.41) is 6.94. The SMILES string of the molecule is COc1cc(Oc2cccc(Nc3ccccc3)c2)cc(OC)c1CN[C@H](C)c1ccccc1. The highest BCUT2D eigenvalue weighted by Crippen LogP contribution is 2.37. The standard InChI is InChI=1S/C29H30N2O3/c1-21(22-11-6-4-7-12-22)30-20-27-28(32-2)18-26(19-29(27)33-3)34-25-16-10-15-24(17-25)31-23-13-8-5-9-14-23/h4-19,21,30-31H,20H2,1-3H3/t21-/m1/s1. The molecule has 0 aliphatic rings. The Hall–Kier alpha value is -3.96. The zero-order chi connectivity index (χ0) is 23.8. The summed E-state index contributed by atoms with van der Waals surface area (Å²) < 4.78 is 17.6. The second-order valence-corrected chi connectivity index (χ2v) is 7.94. The summed E-state index contributed by atoms with van der Waals surface area (Å²) in [7, 11) is 3.32. The highest BCUT2D eigenvalue weighted by Gasteiger charge is 2.15. The first-order chi connectivity index (χ1) is 16.7. The van der Waals surface area contributed by atoms with Gasteiger partial charge in [-0.2, -0.15) is 0 Å². The molecule has 0 amide bonds. The van der Waals surface area contributed by atoms with E-state index in [0.29, 0.717) is 29.5 Å². The summed E-state index contributed by atoms with van der Waals surface area (Å²) >= 11 is 0. The Bertz CT molecular complexity index is 1170. The fourth-order valence-corrected chi connectivity index (χ4v) is 3.77. The van der Waals surface area contributed by atoms with Crippen LogP contribution in [-0.2, 0) is 6.54 Å². The Morgan fingerprint density at radius 1 is 0.676 bits per heavy atom. The second kappa shape index (κ2) is 11.3. The third kappa shape index (κ3) is 5.88. The Kier molecular flexibility index (Phi) is 7.68. The molecule has 0 aliphatic heterocycles. The predicted octanol–water partition coefficient (Wildman–Crippen LogP) is 7.09. The van der Waals surface area contributed by atoms with Gasteiger partial charge in [0.25, 0.3) is 0 Å². The van der Waals surface area contributed by atoms with E-state index in [2.05, 4.69) is 29.7 Å². The van der Waals surface area contributed by atoms with E-state index >= 15 is 0 Å². The van der Waals surface area contributed by atoms with Crippen LogP contribution in [-0.4, -0.2) is 14.2 Å². The molecular formula is C29H30N2O3. The zero-order valence-corrected chi connectivity index (χ0v) is 19.7. The first kappa shape index (κ1) is 23.2. The van der Waals surface area contributed by atoms with Gasteiger partial charge in [-0.3, -0.25) is 0 Å². The molecule has 2 N–H and O–H groups in total. The summed E-state index contributed by atoms with van der Waals surface area (Å²) in [5.41, 5.74) is 4.13. The van der Waals surface area contributed by atoms with E-state index in [9.17, 15) is 0 Å². The van der Waals surface area contributed by atoms with Gasteiger partial charge in [-0.05, 0) is 36.8 Å². The Morgan fingerprint density at radius 2 is 1.29 bits per heavy atom. The van der Waals surface area contributed by atoms with E-state index < -0.39 is 0 Å². The minimum atomic E-state index is 0.186. The normalized spacial score (nSPS) is 11.5. The molecule has 0 fully saturated rings. The van der Waals surface area contributed by atoms with Crippen molar-refractivity contribution in [3.05, 3.63) is 108 Å². The molecule has 0 bridgehead atoms. The molecule has 0 spiro atoms. The molecule has 174 valence electrons. The smallest absolute Gasteiger partial charge is 0.134 e. The van der Waals surface area contributed by atoms with Crippen LogP contribution in [0.1, 0.15) is 24.1 Å². The number of ether oxygens (including phenoxy) is 3. The van der Waals surface area contributed by atoms with Gasteiger partial charge in [0.15, 0.2) is 0 Å². The maximum Gasteiger partial charge on any atom is 0.134 e. The number of anilines is 2. The molecule has 4 rings (SSSR count). The molecule has 0 aliphatic carbocycles. The molecule has 1 atom stereocenters. The van der Waals surface area contributed by atoms with E-state index in [1.165, 1.54) is 5.56 Å². The first-order valence-corrected chi connectivity index (χ1v) is 11.3. The van der Waals surface area contributed by atoms with Gasteiger partial charge in [0.05, 0.1) is 19.8 Å². The van der Waals surface area contributed by atoms with Gasteiger partial charge in [-0.1, -0.05) is 54.6 Å². The molecule has 34 heavy (non-hydrogen) atoms. The van der Waals surface area contributed by atoms with Crippen molar-refractivity contribution in [3.63, 3.8) is 0 Å². The molecule has 5 nitrogen and oxygen atoms in total. The van der Waals surface area contributed by atoms with Crippen molar-refractivity contribution >= 4 is 11.4 Å². The quantitative estimate of drug-likeness (QED) is 0.268. The van der Waals surface area contributed by atoms with E-state index in [1.807, 2.05) is 84.9 Å². The van der Waals surface area contributed by atoms with Crippen molar-refractivity contribution in [1.29, 1.82) is 0 Å². The van der Waals surface area contributed by atoms with Gasteiger partial charge in [-0.15, -0.1) is 0 Å². The molecule has 5 heteroatoms. The third-order valence-electron chi connectivity index (χ3n) is 5.60. The van der Waals surface area contributed by atoms with Gasteiger partial charge in [0, 0.05) is 42.2 Å². The molecule has 0 radical (unpaired) electrons. The van der Waals surface area contributed by atoms with Gasteiger partial charge >= 0.3 is 0 Å². The predicted molar refractivity (Wildman–Crippen MR) is 137 cm³/mol. The van der Waals surface area contributed by atoms with Gasteiger partial charge in [0.2, 0.25) is 0 Å². The number of benzene rings is 4. The molecule has 0 saturated carbocycles. The minimum Gasteiger partial charge on any atom is -0.496 e. The average Bonchev–Trinajstić information content (AvgIpc) is 2.88. The van der Waals surface area contributed by atoms with Crippen LogP contribution in [0.25, 0.3) is 0 Å². The molecule has 0 saturated heterocycles. The van der Waals surface area contributed by atoms with Crippen LogP contribution < -0.4 is 24.8 Å². The lowest BCUT2D eigenvalue weighted by Crippen LogP contribution is -2.19. The number of hydrogen-bond acceptors (Lipinski definition) is 5. The summed E-state index contributed by atoms with van der Waals surface area (Å²) in [6, 6.07) is 32.2. The summed E-state index contributed by atoms with van der Waals surface area (Å²) in [4.78, 5) is 0. The van der Waals surface area contributed by atoms with Gasteiger partial charge < -0.3 is 24.8 Å². The number of rotatable bonds is 10. The first-order valence-electron chi connectivity index (χ1n) is 11.3. The van der Waals surface area contributed by atoms with Crippen molar-refractivity contribution in [3.8, 4) is 23.0 Å². The maximum absolute atomic E-state index is 6.17. The van der Waals surface area contributed by atoms with Crippen molar-refractivity contribution in [2.75, 3.05) is 19.5 Å². The summed E-state index contributed by atoms with van der Waals surface area (Å²) in [6.07, 6.45) is 0. The van der Waals surface area contributed by atoms with Crippen molar-refractivity contribution in [2.24, 2.45) is 0 Å². The van der Waals surface area contributed by atoms with E-state index in [1.54, 1.807) is 14.2 Å². The van der Waals surface area contributed by atoms with Crippen LogP contribution in [0.4, 0.5) is 11.4 Å². The molecular weight excluding hydrogens is 424 g/mol. The maximum atomic E-state index is 6.17. The fraction of sp³-hybridized carbons (Fsp3) is 0.172. The van der Waals surface area contributed by atoms with Crippen LogP contribution in [0, 0.1) is 0 Å². The van der Waals surface area contributed by atoms with Crippen LogP contribution in [0.15, 0.2) is 97.1 Å². The van der Waals surface area contributed by atoms with Crippen molar-refractivity contribution in [2.45, 2.75) is 19.5 Å². The summed E-state index contributed by atoms with van der Waals surface area (Å²) in [5.74, 6) is 2.78. The topological polar surface area (TPSA) is 51.8 Å².